The Kier molecular flexibility index (Phi) is 5.72. The van der Waals surface area contributed by atoms with Gasteiger partial charge in [-0.05, 0) is 33.7 Å². The van der Waals surface area contributed by atoms with E-state index in [1.54, 1.807) is 6.92 Å². The number of methoxy groups -OCH3 is 1. The van der Waals surface area contributed by atoms with Crippen molar-refractivity contribution in [2.24, 2.45) is 5.41 Å². The number of hydrogen-bond donors (Lipinski definition) is 2. The second kappa shape index (κ2) is 5.98. The first-order valence-electron chi connectivity index (χ1n) is 4.87. The number of carbonyl (C=O) groups excluding carboxylic acids is 1. The lowest BCUT2D eigenvalue weighted by atomic mass is 9.94. The first-order valence-corrected chi connectivity index (χ1v) is 4.87. The molecule has 2 N–H and O–H groups in total. The van der Waals surface area contributed by atoms with E-state index in [-0.39, 0.29) is 12.1 Å². The molecule has 0 heterocycles. The summed E-state index contributed by atoms with van der Waals surface area (Å²) in [5.41, 5.74) is -0.507. The maximum atomic E-state index is 11.2. The molecule has 0 fully saturated rings. The quantitative estimate of drug-likeness (QED) is 0.489. The highest BCUT2D eigenvalue weighted by molar-refractivity contribution is 5.75. The lowest BCUT2D eigenvalue weighted by Crippen LogP contribution is -2.37. The number of nitrogens with one attached hydrogen (secondary N) is 1. The molecule has 0 amide bonds. The topological polar surface area (TPSA) is 58.6 Å². The van der Waals surface area contributed by atoms with Gasteiger partial charge in [-0.15, -0.1) is 0 Å². The van der Waals surface area contributed by atoms with Gasteiger partial charge < -0.3 is 15.2 Å². The van der Waals surface area contributed by atoms with Crippen LogP contribution in [0.5, 0.6) is 0 Å². The fraction of sp³-hybridized carbons (Fsp3) is 0.900. The van der Waals surface area contributed by atoms with Crippen LogP contribution in [0.4, 0.5) is 0 Å². The predicted molar refractivity (Wildman–Crippen MR) is 55.0 cm³/mol. The average molecular weight is 203 g/mol. The van der Waals surface area contributed by atoms with E-state index in [1.165, 1.54) is 7.11 Å². The minimum absolute atomic E-state index is 0.220. The van der Waals surface area contributed by atoms with Crippen molar-refractivity contribution in [3.8, 4) is 0 Å². The SMILES string of the molecule is COC(=O)C(C)(C)CNCCC(C)O. The molecule has 0 aromatic heterocycles. The molecule has 0 rings (SSSR count). The minimum Gasteiger partial charge on any atom is -0.469 e. The fourth-order valence-corrected chi connectivity index (χ4v) is 1.06. The molecule has 0 aromatic carbocycles. The number of hydrogen-bond acceptors (Lipinski definition) is 4. The number of rotatable bonds is 6. The molecule has 0 bridgehead atoms. The summed E-state index contributed by atoms with van der Waals surface area (Å²) < 4.78 is 4.66. The van der Waals surface area contributed by atoms with Gasteiger partial charge in [0.1, 0.15) is 0 Å². The zero-order valence-electron chi connectivity index (χ0n) is 9.46. The summed E-state index contributed by atoms with van der Waals surface area (Å²) in [6.07, 6.45) is 0.390. The normalized spacial score (nSPS) is 13.8. The molecule has 4 nitrogen and oxygen atoms in total. The highest BCUT2D eigenvalue weighted by atomic mass is 16.5. The first kappa shape index (κ1) is 13.4. The number of aliphatic hydroxyl groups is 1. The Morgan fingerprint density at radius 3 is 2.57 bits per heavy atom. The van der Waals surface area contributed by atoms with Crippen LogP contribution in [0.15, 0.2) is 0 Å². The third-order valence-electron chi connectivity index (χ3n) is 2.04. The molecule has 0 aliphatic heterocycles. The van der Waals surface area contributed by atoms with Gasteiger partial charge in [-0.1, -0.05) is 0 Å². The number of carbonyl (C=O) groups is 1. The molecule has 0 saturated carbocycles. The maximum Gasteiger partial charge on any atom is 0.312 e. The van der Waals surface area contributed by atoms with Crippen LogP contribution in [0.2, 0.25) is 0 Å². The Morgan fingerprint density at radius 1 is 1.57 bits per heavy atom. The Hall–Kier alpha value is -0.610. The predicted octanol–water partition coefficient (Wildman–Crippen LogP) is 0.546. The second-order valence-corrected chi connectivity index (χ2v) is 4.19. The van der Waals surface area contributed by atoms with Crippen LogP contribution in [-0.2, 0) is 9.53 Å². The molecular weight excluding hydrogens is 182 g/mol. The van der Waals surface area contributed by atoms with Crippen LogP contribution in [0.1, 0.15) is 27.2 Å². The molecule has 0 radical (unpaired) electrons. The van der Waals surface area contributed by atoms with E-state index in [9.17, 15) is 4.79 Å². The molecule has 1 atom stereocenters. The van der Waals surface area contributed by atoms with Gasteiger partial charge in [-0.3, -0.25) is 4.79 Å². The Morgan fingerprint density at radius 2 is 2.14 bits per heavy atom. The van der Waals surface area contributed by atoms with Crippen molar-refractivity contribution in [1.29, 1.82) is 0 Å². The van der Waals surface area contributed by atoms with Crippen LogP contribution in [0.25, 0.3) is 0 Å². The van der Waals surface area contributed by atoms with Gasteiger partial charge in [0, 0.05) is 6.54 Å². The highest BCUT2D eigenvalue weighted by Gasteiger charge is 2.27. The van der Waals surface area contributed by atoms with Gasteiger partial charge >= 0.3 is 5.97 Å². The summed E-state index contributed by atoms with van der Waals surface area (Å²) in [5.74, 6) is -0.220. The van der Waals surface area contributed by atoms with Crippen LogP contribution < -0.4 is 5.32 Å². The smallest absolute Gasteiger partial charge is 0.312 e. The van der Waals surface area contributed by atoms with Crippen molar-refractivity contribution in [2.75, 3.05) is 20.2 Å². The molecule has 84 valence electrons. The van der Waals surface area contributed by atoms with Gasteiger partial charge in [-0.25, -0.2) is 0 Å². The van der Waals surface area contributed by atoms with Crippen molar-refractivity contribution >= 4 is 5.97 Å². The fourth-order valence-electron chi connectivity index (χ4n) is 1.06. The van der Waals surface area contributed by atoms with Crippen molar-refractivity contribution in [1.82, 2.24) is 5.32 Å². The zero-order chi connectivity index (χ0) is 11.2. The maximum absolute atomic E-state index is 11.2. The van der Waals surface area contributed by atoms with Gasteiger partial charge in [0.25, 0.3) is 0 Å². The lowest BCUT2D eigenvalue weighted by Gasteiger charge is -2.21. The molecule has 0 spiro atoms. The molecule has 0 aromatic rings. The van der Waals surface area contributed by atoms with E-state index in [2.05, 4.69) is 10.1 Å². The Labute approximate surface area is 85.6 Å². The van der Waals surface area contributed by atoms with Crippen LogP contribution in [0, 0.1) is 5.41 Å². The summed E-state index contributed by atoms with van der Waals surface area (Å²) in [6, 6.07) is 0. The number of aliphatic hydroxyl groups excluding tert-OH is 1. The molecular formula is C10H21NO3. The second-order valence-electron chi connectivity index (χ2n) is 4.19. The van der Waals surface area contributed by atoms with Crippen molar-refractivity contribution in [3.63, 3.8) is 0 Å². The van der Waals surface area contributed by atoms with E-state index >= 15 is 0 Å². The van der Waals surface area contributed by atoms with E-state index in [0.717, 1.165) is 0 Å². The summed E-state index contributed by atoms with van der Waals surface area (Å²) in [7, 11) is 1.39. The van der Waals surface area contributed by atoms with E-state index in [1.807, 2.05) is 13.8 Å². The molecule has 14 heavy (non-hydrogen) atoms. The molecule has 0 aliphatic carbocycles. The number of esters is 1. The summed E-state index contributed by atoms with van der Waals surface area (Å²) in [4.78, 5) is 11.2. The van der Waals surface area contributed by atoms with Crippen LogP contribution in [-0.4, -0.2) is 37.4 Å². The largest absolute Gasteiger partial charge is 0.469 e. The van der Waals surface area contributed by atoms with Crippen molar-refractivity contribution in [2.45, 2.75) is 33.3 Å². The monoisotopic (exact) mass is 203 g/mol. The molecule has 0 saturated heterocycles. The van der Waals surface area contributed by atoms with Crippen molar-refractivity contribution in [3.05, 3.63) is 0 Å². The van der Waals surface area contributed by atoms with Gasteiger partial charge in [0.15, 0.2) is 0 Å². The minimum atomic E-state index is -0.507. The van der Waals surface area contributed by atoms with Crippen LogP contribution in [0.3, 0.4) is 0 Å². The van der Waals surface area contributed by atoms with Gasteiger partial charge in [0.2, 0.25) is 0 Å². The Bertz CT molecular complexity index is 178. The lowest BCUT2D eigenvalue weighted by molar-refractivity contribution is -0.150. The van der Waals surface area contributed by atoms with E-state index < -0.39 is 5.41 Å². The third-order valence-corrected chi connectivity index (χ3v) is 2.04. The Balaban J connectivity index is 3.71. The van der Waals surface area contributed by atoms with E-state index in [0.29, 0.717) is 19.5 Å². The summed E-state index contributed by atoms with van der Waals surface area (Å²) in [6.45, 7) is 6.67. The third kappa shape index (κ3) is 5.19. The zero-order valence-corrected chi connectivity index (χ0v) is 9.46. The first-order chi connectivity index (χ1) is 6.40. The van der Waals surface area contributed by atoms with Gasteiger partial charge in [-0.2, -0.15) is 0 Å². The molecule has 4 heteroatoms. The van der Waals surface area contributed by atoms with Gasteiger partial charge in [0.05, 0.1) is 18.6 Å². The summed E-state index contributed by atoms with van der Waals surface area (Å²) in [5, 5.41) is 12.1. The van der Waals surface area contributed by atoms with Crippen LogP contribution >= 0.6 is 0 Å². The molecule has 0 aliphatic rings. The number of ether oxygens (including phenoxy) is 1. The summed E-state index contributed by atoms with van der Waals surface area (Å²) >= 11 is 0. The molecule has 1 unspecified atom stereocenters. The van der Waals surface area contributed by atoms with Crippen molar-refractivity contribution < 1.29 is 14.6 Å². The standard InChI is InChI=1S/C10H21NO3/c1-8(12)5-6-11-7-10(2,3)9(13)14-4/h8,11-12H,5-7H2,1-4H3. The average Bonchev–Trinajstić information content (AvgIpc) is 2.10. The van der Waals surface area contributed by atoms with E-state index in [4.69, 9.17) is 5.11 Å². The highest BCUT2D eigenvalue weighted by Crippen LogP contribution is 2.15.